The molecule has 0 spiro atoms. The Balaban J connectivity index is 0.000000494. The third-order valence-electron chi connectivity index (χ3n) is 1.41. The second-order valence-corrected chi connectivity index (χ2v) is 6.55. The average molecular weight is 252 g/mol. The topological polar surface area (TPSA) is 26.3 Å². The van der Waals surface area contributed by atoms with E-state index in [9.17, 15) is 4.79 Å². The van der Waals surface area contributed by atoms with Crippen molar-refractivity contribution in [3.63, 3.8) is 0 Å². The van der Waals surface area contributed by atoms with Crippen LogP contribution in [0.5, 0.6) is 0 Å². The molecule has 3 nitrogen and oxygen atoms in total. The first-order valence-corrected chi connectivity index (χ1v) is 6.06. The first-order chi connectivity index (χ1) is 7.99. The van der Waals surface area contributed by atoms with E-state index in [-0.39, 0.29) is 5.97 Å². The lowest BCUT2D eigenvalue weighted by atomic mass is 10.2. The van der Waals surface area contributed by atoms with Crippen molar-refractivity contribution in [2.24, 2.45) is 0 Å². The summed E-state index contributed by atoms with van der Waals surface area (Å²) in [5.74, 6) is -0.270. The van der Waals surface area contributed by atoms with Gasteiger partial charge < -0.3 is 9.22 Å². The summed E-state index contributed by atoms with van der Waals surface area (Å²) in [6.45, 7) is 5.56. The first kappa shape index (κ1) is 16.6. The van der Waals surface area contributed by atoms with Gasteiger partial charge in [0, 0.05) is 0 Å². The maximum absolute atomic E-state index is 11.4. The molecule has 1 rings (SSSR count). The van der Waals surface area contributed by atoms with Gasteiger partial charge in [-0.2, -0.15) is 0 Å². The van der Waals surface area contributed by atoms with Crippen LogP contribution >= 0.6 is 0 Å². The minimum absolute atomic E-state index is 0.270. The molecule has 1 aromatic carbocycles. The molecule has 0 radical (unpaired) electrons. The van der Waals surface area contributed by atoms with Crippen LogP contribution in [0.4, 0.5) is 0 Å². The lowest BCUT2D eigenvalue weighted by Gasteiger charge is -2.19. The van der Waals surface area contributed by atoms with E-state index in [1.165, 1.54) is 0 Å². The van der Waals surface area contributed by atoms with Crippen LogP contribution in [-0.4, -0.2) is 44.2 Å². The third kappa shape index (κ3) is 11.1. The Labute approximate surface area is 111 Å². The van der Waals surface area contributed by atoms with Crippen LogP contribution < -0.4 is 0 Å². The molecule has 0 aliphatic rings. The van der Waals surface area contributed by atoms with Crippen LogP contribution in [0, 0.1) is 0 Å². The van der Waals surface area contributed by atoms with E-state index in [1.54, 1.807) is 12.1 Å². The number of quaternary nitrogens is 1. The van der Waals surface area contributed by atoms with Gasteiger partial charge in [-0.15, -0.1) is 0 Å². The fourth-order valence-corrected chi connectivity index (χ4v) is 0.911. The molecular weight excluding hydrogens is 226 g/mol. The van der Waals surface area contributed by atoms with E-state index < -0.39 is 5.60 Å². The van der Waals surface area contributed by atoms with Crippen molar-refractivity contribution in [3.05, 3.63) is 35.9 Å². The molecule has 0 saturated carbocycles. The molecular formula is C15H26NO2+. The van der Waals surface area contributed by atoms with Crippen molar-refractivity contribution >= 4 is 5.97 Å². The van der Waals surface area contributed by atoms with E-state index in [4.69, 9.17) is 4.74 Å². The largest absolute Gasteiger partial charge is 0.456 e. The molecule has 1 aromatic rings. The highest BCUT2D eigenvalue weighted by atomic mass is 16.6. The van der Waals surface area contributed by atoms with Gasteiger partial charge in [0.2, 0.25) is 0 Å². The van der Waals surface area contributed by atoms with Crippen LogP contribution in [0.3, 0.4) is 0 Å². The Kier molecular flexibility index (Phi) is 6.06. The van der Waals surface area contributed by atoms with Crippen molar-refractivity contribution in [1.82, 2.24) is 0 Å². The second-order valence-electron chi connectivity index (χ2n) is 6.55. The molecule has 0 aliphatic carbocycles. The minimum Gasteiger partial charge on any atom is -0.456 e. The van der Waals surface area contributed by atoms with Gasteiger partial charge in [0.05, 0.1) is 33.8 Å². The van der Waals surface area contributed by atoms with E-state index in [1.807, 2.05) is 39.0 Å². The highest BCUT2D eigenvalue weighted by Gasteiger charge is 2.16. The standard InChI is InChI=1S/C11H14O2.C4H12N/c1-11(2,3)13-10(12)9-7-5-4-6-8-9;1-5(2,3)4/h4-8H,1-3H3;1-4H3/q;+1. The maximum atomic E-state index is 11.4. The Morgan fingerprint density at radius 3 is 1.72 bits per heavy atom. The zero-order chi connectivity index (χ0) is 14.4. The van der Waals surface area contributed by atoms with Gasteiger partial charge in [-0.3, -0.25) is 0 Å². The van der Waals surface area contributed by atoms with E-state index in [0.29, 0.717) is 5.56 Å². The molecule has 0 unspecified atom stereocenters. The molecule has 0 aliphatic heterocycles. The highest BCUT2D eigenvalue weighted by Crippen LogP contribution is 2.11. The summed E-state index contributed by atoms with van der Waals surface area (Å²) in [5, 5.41) is 0. The first-order valence-electron chi connectivity index (χ1n) is 6.06. The van der Waals surface area contributed by atoms with Gasteiger partial charge in [0.25, 0.3) is 0 Å². The minimum atomic E-state index is -0.424. The van der Waals surface area contributed by atoms with Gasteiger partial charge in [0.1, 0.15) is 5.60 Å². The van der Waals surface area contributed by atoms with Crippen molar-refractivity contribution in [2.45, 2.75) is 26.4 Å². The average Bonchev–Trinajstić information content (AvgIpc) is 2.14. The fraction of sp³-hybridized carbons (Fsp3) is 0.533. The molecule has 3 heteroatoms. The molecule has 0 atom stereocenters. The third-order valence-corrected chi connectivity index (χ3v) is 1.41. The fourth-order valence-electron chi connectivity index (χ4n) is 0.911. The summed E-state index contributed by atoms with van der Waals surface area (Å²) in [6.07, 6.45) is 0. The SMILES string of the molecule is CC(C)(C)OC(=O)c1ccccc1.C[N+](C)(C)C. The lowest BCUT2D eigenvalue weighted by molar-refractivity contribution is -0.849. The number of esters is 1. The quantitative estimate of drug-likeness (QED) is 0.567. The van der Waals surface area contributed by atoms with Gasteiger partial charge in [-0.25, -0.2) is 4.79 Å². The molecule has 18 heavy (non-hydrogen) atoms. The summed E-state index contributed by atoms with van der Waals surface area (Å²) >= 11 is 0. The summed E-state index contributed by atoms with van der Waals surface area (Å²) in [7, 11) is 8.50. The Bertz CT molecular complexity index is 352. The van der Waals surface area contributed by atoms with Crippen LogP contribution in [0.15, 0.2) is 30.3 Å². The van der Waals surface area contributed by atoms with Gasteiger partial charge in [-0.05, 0) is 32.9 Å². The lowest BCUT2D eigenvalue weighted by Crippen LogP contribution is -2.27. The van der Waals surface area contributed by atoms with Crippen LogP contribution in [0.1, 0.15) is 31.1 Å². The molecule has 0 amide bonds. The number of carbonyl (C=O) groups is 1. The van der Waals surface area contributed by atoms with Gasteiger partial charge in [-0.1, -0.05) is 18.2 Å². The number of hydrogen-bond donors (Lipinski definition) is 0. The van der Waals surface area contributed by atoms with E-state index in [2.05, 4.69) is 28.2 Å². The number of carbonyl (C=O) groups excluding carboxylic acids is 1. The molecule has 0 aromatic heterocycles. The highest BCUT2D eigenvalue weighted by molar-refractivity contribution is 5.89. The number of nitrogens with zero attached hydrogens (tertiary/aromatic N) is 1. The molecule has 0 N–H and O–H groups in total. The maximum Gasteiger partial charge on any atom is 0.338 e. The zero-order valence-electron chi connectivity index (χ0n) is 12.7. The predicted octanol–water partition coefficient (Wildman–Crippen LogP) is 2.96. The Morgan fingerprint density at radius 1 is 1.00 bits per heavy atom. The molecule has 0 bridgehead atoms. The Morgan fingerprint density at radius 2 is 1.39 bits per heavy atom. The van der Waals surface area contributed by atoms with Crippen molar-refractivity contribution in [1.29, 1.82) is 0 Å². The summed E-state index contributed by atoms with van der Waals surface area (Å²) in [6, 6.07) is 8.99. The summed E-state index contributed by atoms with van der Waals surface area (Å²) < 4.78 is 6.18. The number of benzene rings is 1. The second kappa shape index (κ2) is 6.55. The molecule has 0 fully saturated rings. The normalized spacial score (nSPS) is 11.3. The van der Waals surface area contributed by atoms with E-state index in [0.717, 1.165) is 4.48 Å². The smallest absolute Gasteiger partial charge is 0.338 e. The number of ether oxygens (including phenoxy) is 1. The summed E-state index contributed by atoms with van der Waals surface area (Å²) in [5.41, 5.74) is 0.171. The number of rotatable bonds is 1. The van der Waals surface area contributed by atoms with E-state index >= 15 is 0 Å². The monoisotopic (exact) mass is 252 g/mol. The molecule has 102 valence electrons. The van der Waals surface area contributed by atoms with Gasteiger partial charge in [0.15, 0.2) is 0 Å². The molecule has 0 heterocycles. The van der Waals surface area contributed by atoms with Gasteiger partial charge >= 0.3 is 5.97 Å². The molecule has 0 saturated heterocycles. The van der Waals surface area contributed by atoms with Crippen LogP contribution in [0.25, 0.3) is 0 Å². The van der Waals surface area contributed by atoms with Crippen molar-refractivity contribution < 1.29 is 14.0 Å². The van der Waals surface area contributed by atoms with Crippen LogP contribution in [-0.2, 0) is 4.74 Å². The predicted molar refractivity (Wildman–Crippen MR) is 75.6 cm³/mol. The summed E-state index contributed by atoms with van der Waals surface area (Å²) in [4.78, 5) is 11.4. The van der Waals surface area contributed by atoms with Crippen LogP contribution in [0.2, 0.25) is 0 Å². The number of hydrogen-bond acceptors (Lipinski definition) is 2. The van der Waals surface area contributed by atoms with Crippen molar-refractivity contribution in [2.75, 3.05) is 28.2 Å². The zero-order valence-corrected chi connectivity index (χ0v) is 12.7. The van der Waals surface area contributed by atoms with Crippen molar-refractivity contribution in [3.8, 4) is 0 Å². The Hall–Kier alpha value is -1.35.